The van der Waals surface area contributed by atoms with Gasteiger partial charge in [-0.3, -0.25) is 0 Å². The van der Waals surface area contributed by atoms with E-state index in [2.05, 4.69) is 53.6 Å². The first kappa shape index (κ1) is 16.2. The second-order valence-electron chi connectivity index (χ2n) is 9.13. The van der Waals surface area contributed by atoms with Crippen molar-refractivity contribution in [2.45, 2.75) is 49.9 Å². The third kappa shape index (κ3) is 2.30. The zero-order chi connectivity index (χ0) is 18.0. The Morgan fingerprint density at radius 1 is 1.00 bits per heavy atom. The lowest BCUT2D eigenvalue weighted by Crippen LogP contribution is -2.35. The first-order chi connectivity index (χ1) is 13.2. The molecule has 1 saturated carbocycles. The van der Waals surface area contributed by atoms with Crippen molar-refractivity contribution in [2.24, 2.45) is 5.92 Å². The highest BCUT2D eigenvalue weighted by atomic mass is 35.5. The summed E-state index contributed by atoms with van der Waals surface area (Å²) >= 11 is 6.44. The van der Waals surface area contributed by atoms with Gasteiger partial charge in [0.15, 0.2) is 0 Å². The maximum atomic E-state index is 6.44. The molecule has 4 aliphatic rings. The predicted octanol–water partition coefficient (Wildman–Crippen LogP) is 6.36. The minimum Gasteiger partial charge on any atom is -0.376 e. The molecule has 2 bridgehead atoms. The highest BCUT2D eigenvalue weighted by molar-refractivity contribution is 6.30. The lowest BCUT2D eigenvalue weighted by Gasteiger charge is -2.35. The lowest BCUT2D eigenvalue weighted by molar-refractivity contribution is 0.244. The molecule has 0 radical (unpaired) electrons. The van der Waals surface area contributed by atoms with Gasteiger partial charge in [0.1, 0.15) is 0 Å². The van der Waals surface area contributed by atoms with Crippen molar-refractivity contribution in [1.29, 1.82) is 0 Å². The monoisotopic (exact) mass is 375 g/mol. The minimum absolute atomic E-state index is 0.174. The van der Waals surface area contributed by atoms with Gasteiger partial charge in [-0.1, -0.05) is 61.2 Å². The maximum Gasteiger partial charge on any atom is 0.0412 e. The maximum absolute atomic E-state index is 6.44. The van der Waals surface area contributed by atoms with E-state index < -0.39 is 0 Å². The van der Waals surface area contributed by atoms with Gasteiger partial charge in [0.25, 0.3) is 0 Å². The fraction of sp³-hybridized carbons (Fsp3) is 0.440. The Balaban J connectivity index is 1.47. The van der Waals surface area contributed by atoms with Crippen LogP contribution in [-0.4, -0.2) is 18.0 Å². The summed E-state index contributed by atoms with van der Waals surface area (Å²) in [5.41, 5.74) is 7.70. The Morgan fingerprint density at radius 3 is 2.74 bits per heavy atom. The summed E-state index contributed by atoms with van der Waals surface area (Å²) in [6, 6.07) is 15.8. The zero-order valence-corrected chi connectivity index (χ0v) is 16.5. The molecule has 1 fully saturated rings. The minimum atomic E-state index is 0.174. The number of fused-ring (bicyclic) bond motifs is 3. The van der Waals surface area contributed by atoms with Crippen LogP contribution in [0.25, 0.3) is 5.57 Å². The van der Waals surface area contributed by atoms with Gasteiger partial charge in [-0.15, -0.1) is 0 Å². The molecule has 27 heavy (non-hydrogen) atoms. The average Bonchev–Trinajstić information content (AvgIpc) is 3.20. The molecule has 2 unspecified atom stereocenters. The van der Waals surface area contributed by atoms with E-state index in [-0.39, 0.29) is 5.41 Å². The van der Waals surface area contributed by atoms with E-state index in [0.717, 1.165) is 17.5 Å². The van der Waals surface area contributed by atoms with Gasteiger partial charge >= 0.3 is 0 Å². The number of rotatable bonds is 2. The fourth-order valence-corrected chi connectivity index (χ4v) is 6.65. The smallest absolute Gasteiger partial charge is 0.0412 e. The summed E-state index contributed by atoms with van der Waals surface area (Å²) in [7, 11) is 0. The quantitative estimate of drug-likeness (QED) is 0.590. The molecule has 3 aliphatic carbocycles. The van der Waals surface area contributed by atoms with Gasteiger partial charge in [0, 0.05) is 35.6 Å². The van der Waals surface area contributed by atoms with E-state index in [1.807, 2.05) is 0 Å². The SMILES string of the molecule is Clc1ccc2c(c1)C1=CN(CC3CCCCC3)CC13CC2c1ccccc13. The van der Waals surface area contributed by atoms with Gasteiger partial charge in [-0.05, 0) is 65.1 Å². The van der Waals surface area contributed by atoms with Crippen molar-refractivity contribution in [3.63, 3.8) is 0 Å². The topological polar surface area (TPSA) is 3.24 Å². The van der Waals surface area contributed by atoms with Crippen LogP contribution in [0, 0.1) is 5.92 Å². The molecule has 0 amide bonds. The number of hydrogen-bond donors (Lipinski definition) is 0. The van der Waals surface area contributed by atoms with Crippen LogP contribution < -0.4 is 0 Å². The lowest BCUT2D eigenvalue weighted by atomic mass is 9.68. The summed E-state index contributed by atoms with van der Waals surface area (Å²) in [5, 5.41) is 0.862. The number of hydrogen-bond acceptors (Lipinski definition) is 1. The zero-order valence-electron chi connectivity index (χ0n) is 15.8. The molecule has 1 heterocycles. The Kier molecular flexibility index (Phi) is 3.54. The summed E-state index contributed by atoms with van der Waals surface area (Å²) in [6.07, 6.45) is 10.8. The van der Waals surface area contributed by atoms with Crippen LogP contribution in [0.5, 0.6) is 0 Å². The number of nitrogens with zero attached hydrogens (tertiary/aromatic N) is 1. The van der Waals surface area contributed by atoms with Crippen LogP contribution in [0.15, 0.2) is 48.7 Å². The Bertz CT molecular complexity index is 939. The Labute approximate surface area is 167 Å². The van der Waals surface area contributed by atoms with Crippen molar-refractivity contribution in [3.05, 3.63) is 75.9 Å². The van der Waals surface area contributed by atoms with Crippen LogP contribution in [0.1, 0.15) is 66.7 Å². The third-order valence-electron chi connectivity index (χ3n) is 7.60. The van der Waals surface area contributed by atoms with Crippen molar-refractivity contribution >= 4 is 17.2 Å². The Morgan fingerprint density at radius 2 is 1.85 bits per heavy atom. The highest BCUT2D eigenvalue weighted by Gasteiger charge is 2.54. The van der Waals surface area contributed by atoms with Crippen LogP contribution in [-0.2, 0) is 5.41 Å². The predicted molar refractivity (Wildman–Crippen MR) is 112 cm³/mol. The summed E-state index contributed by atoms with van der Waals surface area (Å²) in [5.74, 6) is 1.40. The molecule has 0 saturated heterocycles. The standard InChI is InChI=1S/C25H26ClN/c26-18-10-11-19-21(12-18)24-15-27(14-17-6-2-1-3-7-17)16-25(24)13-22(19)20-8-4-5-9-23(20)25/h4-5,8-12,15,17,22H,1-3,6-7,13-14,16H2. The molecule has 2 atom stereocenters. The van der Waals surface area contributed by atoms with Crippen LogP contribution in [0.2, 0.25) is 5.02 Å². The highest BCUT2D eigenvalue weighted by Crippen LogP contribution is 2.62. The number of benzene rings is 2. The molecular formula is C25H26ClN. The van der Waals surface area contributed by atoms with Crippen molar-refractivity contribution in [2.75, 3.05) is 13.1 Å². The van der Waals surface area contributed by atoms with Gasteiger partial charge < -0.3 is 4.90 Å². The molecule has 1 spiro atoms. The molecule has 1 nitrogen and oxygen atoms in total. The number of halogens is 1. The molecular weight excluding hydrogens is 350 g/mol. The van der Waals surface area contributed by atoms with E-state index in [9.17, 15) is 0 Å². The van der Waals surface area contributed by atoms with Gasteiger partial charge in [0.05, 0.1) is 0 Å². The molecule has 2 aromatic rings. The van der Waals surface area contributed by atoms with Crippen molar-refractivity contribution < 1.29 is 0 Å². The first-order valence-corrected chi connectivity index (χ1v) is 11.0. The van der Waals surface area contributed by atoms with E-state index in [1.54, 1.807) is 11.1 Å². The molecule has 1 aliphatic heterocycles. The van der Waals surface area contributed by atoms with Crippen LogP contribution in [0.4, 0.5) is 0 Å². The van der Waals surface area contributed by atoms with E-state index >= 15 is 0 Å². The molecule has 6 rings (SSSR count). The first-order valence-electron chi connectivity index (χ1n) is 10.6. The summed E-state index contributed by atoms with van der Waals surface area (Å²) in [4.78, 5) is 2.65. The van der Waals surface area contributed by atoms with E-state index in [0.29, 0.717) is 5.92 Å². The second-order valence-corrected chi connectivity index (χ2v) is 9.57. The normalized spacial score (nSPS) is 28.6. The van der Waals surface area contributed by atoms with Gasteiger partial charge in [-0.2, -0.15) is 0 Å². The molecule has 138 valence electrons. The largest absolute Gasteiger partial charge is 0.376 e. The summed E-state index contributed by atoms with van der Waals surface area (Å²) in [6.45, 7) is 2.38. The molecule has 2 heteroatoms. The van der Waals surface area contributed by atoms with Gasteiger partial charge in [0.2, 0.25) is 0 Å². The van der Waals surface area contributed by atoms with E-state index in [1.165, 1.54) is 61.8 Å². The van der Waals surface area contributed by atoms with Crippen molar-refractivity contribution in [1.82, 2.24) is 4.90 Å². The van der Waals surface area contributed by atoms with E-state index in [4.69, 9.17) is 11.6 Å². The fourth-order valence-electron chi connectivity index (χ4n) is 6.48. The second kappa shape index (κ2) is 5.88. The van der Waals surface area contributed by atoms with Gasteiger partial charge in [-0.25, -0.2) is 0 Å². The molecule has 0 N–H and O–H groups in total. The van der Waals surface area contributed by atoms with Crippen LogP contribution >= 0.6 is 11.6 Å². The third-order valence-corrected chi connectivity index (χ3v) is 7.84. The average molecular weight is 376 g/mol. The Hall–Kier alpha value is -1.73. The van der Waals surface area contributed by atoms with Crippen LogP contribution in [0.3, 0.4) is 0 Å². The molecule has 2 aromatic carbocycles. The summed E-state index contributed by atoms with van der Waals surface area (Å²) < 4.78 is 0. The van der Waals surface area contributed by atoms with Crippen molar-refractivity contribution in [3.8, 4) is 0 Å². The molecule has 0 aromatic heterocycles.